The smallest absolute Gasteiger partial charge is 0.312 e. The Kier molecular flexibility index (Phi) is 9.47. The molecule has 0 atom stereocenters. The zero-order valence-electron chi connectivity index (χ0n) is 19.5. The van der Waals surface area contributed by atoms with Crippen molar-refractivity contribution in [1.82, 2.24) is 0 Å². The van der Waals surface area contributed by atoms with Gasteiger partial charge in [-0.1, -0.05) is 25.7 Å². The van der Waals surface area contributed by atoms with E-state index < -0.39 is 17.0 Å². The first-order valence-corrected chi connectivity index (χ1v) is 11.3. The van der Waals surface area contributed by atoms with E-state index in [1.54, 1.807) is 13.8 Å². The van der Waals surface area contributed by atoms with Gasteiger partial charge in [-0.05, 0) is 39.5 Å². The molecule has 8 nitrogen and oxygen atoms in total. The van der Waals surface area contributed by atoms with Crippen LogP contribution in [0.4, 0.5) is 0 Å². The Balaban J connectivity index is 2.00. The topological polar surface area (TPSA) is 105 Å². The predicted octanol–water partition coefficient (Wildman–Crippen LogP) is 3.58. The third-order valence-corrected chi connectivity index (χ3v) is 6.02. The summed E-state index contributed by atoms with van der Waals surface area (Å²) in [5, 5.41) is 0. The minimum Gasteiger partial charge on any atom is -0.489 e. The molecule has 0 aromatic rings. The molecule has 0 saturated heterocycles. The lowest BCUT2D eigenvalue weighted by Crippen LogP contribution is -2.31. The number of hydrogen-bond donors (Lipinski definition) is 0. The Morgan fingerprint density at radius 1 is 0.781 bits per heavy atom. The van der Waals surface area contributed by atoms with Crippen molar-refractivity contribution in [3.63, 3.8) is 0 Å². The number of allylic oxidation sites excluding steroid dienone is 2. The highest BCUT2D eigenvalue weighted by molar-refractivity contribution is 6.24. The number of unbranched alkanes of at least 4 members (excludes halogenated alkanes) is 4. The fourth-order valence-corrected chi connectivity index (χ4v) is 4.44. The van der Waals surface area contributed by atoms with Crippen LogP contribution in [-0.2, 0) is 38.1 Å². The summed E-state index contributed by atoms with van der Waals surface area (Å²) in [5.41, 5.74) is -0.274. The van der Waals surface area contributed by atoms with Gasteiger partial charge in [0, 0.05) is 17.6 Å². The average molecular weight is 451 g/mol. The molecular formula is C24H34O8. The standard InChI is InChI=1S/C24H34O8/c1-5-31-18(25)12-10-8-7-9-11-13-24(23(28)32-6-2)14-16-17(15-24)20(27)22(30-4)21(29-3)19(16)26/h5-15H2,1-4H3. The van der Waals surface area contributed by atoms with Crippen molar-refractivity contribution in [3.8, 4) is 0 Å². The van der Waals surface area contributed by atoms with E-state index in [2.05, 4.69) is 0 Å². The second kappa shape index (κ2) is 11.8. The van der Waals surface area contributed by atoms with Crippen LogP contribution in [0.3, 0.4) is 0 Å². The van der Waals surface area contributed by atoms with Gasteiger partial charge in [-0.15, -0.1) is 0 Å². The van der Waals surface area contributed by atoms with Gasteiger partial charge in [-0.2, -0.15) is 0 Å². The first-order valence-electron chi connectivity index (χ1n) is 11.3. The summed E-state index contributed by atoms with van der Waals surface area (Å²) in [6.45, 7) is 4.15. The lowest BCUT2D eigenvalue weighted by atomic mass is 9.78. The Morgan fingerprint density at radius 3 is 1.78 bits per heavy atom. The van der Waals surface area contributed by atoms with Crippen molar-refractivity contribution in [3.05, 3.63) is 22.7 Å². The van der Waals surface area contributed by atoms with Crippen LogP contribution < -0.4 is 0 Å². The summed E-state index contributed by atoms with van der Waals surface area (Å²) < 4.78 is 20.5. The predicted molar refractivity (Wildman–Crippen MR) is 115 cm³/mol. The maximum Gasteiger partial charge on any atom is 0.312 e. The average Bonchev–Trinajstić information content (AvgIpc) is 3.17. The Hall–Kier alpha value is -2.64. The minimum atomic E-state index is -0.932. The zero-order valence-corrected chi connectivity index (χ0v) is 19.5. The van der Waals surface area contributed by atoms with Crippen molar-refractivity contribution in [2.75, 3.05) is 27.4 Å². The van der Waals surface area contributed by atoms with Gasteiger partial charge >= 0.3 is 11.9 Å². The number of hydrogen-bond acceptors (Lipinski definition) is 8. The fraction of sp³-hybridized carbons (Fsp3) is 0.667. The molecular weight excluding hydrogens is 416 g/mol. The molecule has 0 amide bonds. The van der Waals surface area contributed by atoms with E-state index in [9.17, 15) is 19.2 Å². The summed E-state index contributed by atoms with van der Waals surface area (Å²) in [4.78, 5) is 50.1. The van der Waals surface area contributed by atoms with E-state index in [-0.39, 0.29) is 42.9 Å². The Morgan fingerprint density at radius 2 is 1.28 bits per heavy atom. The van der Waals surface area contributed by atoms with Gasteiger partial charge in [0.15, 0.2) is 0 Å². The lowest BCUT2D eigenvalue weighted by Gasteiger charge is -2.27. The second-order valence-corrected chi connectivity index (χ2v) is 8.11. The molecule has 0 heterocycles. The van der Waals surface area contributed by atoms with E-state index in [0.717, 1.165) is 32.1 Å². The third-order valence-electron chi connectivity index (χ3n) is 6.02. The molecule has 0 spiro atoms. The maximum atomic E-state index is 12.9. The van der Waals surface area contributed by atoms with Crippen LogP contribution in [-0.4, -0.2) is 50.9 Å². The van der Waals surface area contributed by atoms with Crippen LogP contribution in [0.15, 0.2) is 22.7 Å². The maximum absolute atomic E-state index is 12.9. The highest BCUT2D eigenvalue weighted by atomic mass is 16.5. The zero-order chi connectivity index (χ0) is 23.7. The molecule has 0 aromatic carbocycles. The number of rotatable bonds is 13. The molecule has 32 heavy (non-hydrogen) atoms. The van der Waals surface area contributed by atoms with Gasteiger partial charge in [-0.3, -0.25) is 19.2 Å². The normalized spacial score (nSPS) is 17.4. The molecule has 178 valence electrons. The van der Waals surface area contributed by atoms with Crippen LogP contribution >= 0.6 is 0 Å². The molecule has 0 unspecified atom stereocenters. The Bertz CT molecular complexity index is 767. The first kappa shape index (κ1) is 25.6. The van der Waals surface area contributed by atoms with Crippen molar-refractivity contribution >= 4 is 23.5 Å². The van der Waals surface area contributed by atoms with Crippen LogP contribution in [0.1, 0.15) is 71.6 Å². The van der Waals surface area contributed by atoms with Gasteiger partial charge in [0.25, 0.3) is 0 Å². The summed E-state index contributed by atoms with van der Waals surface area (Å²) in [7, 11) is 2.64. The number of ether oxygens (including phenoxy) is 4. The molecule has 2 aliphatic carbocycles. The van der Waals surface area contributed by atoms with Crippen LogP contribution in [0.25, 0.3) is 0 Å². The number of methoxy groups -OCH3 is 2. The quantitative estimate of drug-likeness (QED) is 0.238. The van der Waals surface area contributed by atoms with E-state index in [4.69, 9.17) is 18.9 Å². The number of esters is 2. The number of carbonyl (C=O) groups excluding carboxylic acids is 4. The number of carbonyl (C=O) groups is 4. The largest absolute Gasteiger partial charge is 0.489 e. The molecule has 0 radical (unpaired) electrons. The minimum absolute atomic E-state index is 0.113. The van der Waals surface area contributed by atoms with E-state index in [1.165, 1.54) is 14.2 Å². The molecule has 0 aromatic heterocycles. The van der Waals surface area contributed by atoms with Crippen molar-refractivity contribution in [2.24, 2.45) is 5.41 Å². The SMILES string of the molecule is CCOC(=O)CCCCCCCC1(C(=O)OCC)CC2=C(C1)C(=O)C(OC)=C(OC)C2=O. The highest BCUT2D eigenvalue weighted by Gasteiger charge is 2.52. The highest BCUT2D eigenvalue weighted by Crippen LogP contribution is 2.50. The third kappa shape index (κ3) is 5.58. The molecule has 2 aliphatic rings. The number of Topliss-reactive ketones (excluding diaryl/α,β-unsaturated/α-hetero) is 2. The molecule has 0 fully saturated rings. The van der Waals surface area contributed by atoms with Gasteiger partial charge in [0.2, 0.25) is 23.1 Å². The van der Waals surface area contributed by atoms with E-state index in [0.29, 0.717) is 30.6 Å². The summed E-state index contributed by atoms with van der Waals surface area (Å²) >= 11 is 0. The molecule has 2 rings (SSSR count). The van der Waals surface area contributed by atoms with Crippen molar-refractivity contribution in [1.29, 1.82) is 0 Å². The van der Waals surface area contributed by atoms with Crippen molar-refractivity contribution < 1.29 is 38.1 Å². The molecule has 8 heteroatoms. The summed E-state index contributed by atoms with van der Waals surface area (Å²) in [6.07, 6.45) is 5.48. The van der Waals surface area contributed by atoms with Crippen LogP contribution in [0, 0.1) is 5.41 Å². The van der Waals surface area contributed by atoms with Crippen molar-refractivity contribution in [2.45, 2.75) is 71.6 Å². The van der Waals surface area contributed by atoms with Gasteiger partial charge < -0.3 is 18.9 Å². The summed E-state index contributed by atoms with van der Waals surface area (Å²) in [5.74, 6) is -1.58. The first-order chi connectivity index (χ1) is 15.3. The fourth-order valence-electron chi connectivity index (χ4n) is 4.44. The summed E-state index contributed by atoms with van der Waals surface area (Å²) in [6, 6.07) is 0. The van der Waals surface area contributed by atoms with E-state index in [1.807, 2.05) is 0 Å². The van der Waals surface area contributed by atoms with Gasteiger partial charge in [-0.25, -0.2) is 0 Å². The molecule has 0 aliphatic heterocycles. The number of ketones is 2. The molecule has 0 bridgehead atoms. The molecule has 0 saturated carbocycles. The molecule has 0 N–H and O–H groups in total. The van der Waals surface area contributed by atoms with Gasteiger partial charge in [0.1, 0.15) is 0 Å². The van der Waals surface area contributed by atoms with Crippen LogP contribution in [0.5, 0.6) is 0 Å². The van der Waals surface area contributed by atoms with E-state index >= 15 is 0 Å². The van der Waals surface area contributed by atoms with Gasteiger partial charge in [0.05, 0.1) is 32.8 Å². The second-order valence-electron chi connectivity index (χ2n) is 8.11. The lowest BCUT2D eigenvalue weighted by molar-refractivity contribution is -0.155. The Labute approximate surface area is 189 Å². The van der Waals surface area contributed by atoms with Crippen LogP contribution in [0.2, 0.25) is 0 Å². The monoisotopic (exact) mass is 450 g/mol.